The van der Waals surface area contributed by atoms with Gasteiger partial charge in [-0.25, -0.2) is 0 Å². The zero-order chi connectivity index (χ0) is 12.1. The van der Waals surface area contributed by atoms with Crippen LogP contribution in [0, 0.1) is 6.92 Å². The number of nitrogens with two attached hydrogens (primary N) is 1. The number of hydrogen-bond donors (Lipinski definition) is 1. The van der Waals surface area contributed by atoms with E-state index in [2.05, 4.69) is 55.5 Å². The Hall–Kier alpha value is -1.25. The molecule has 2 heteroatoms. The van der Waals surface area contributed by atoms with Gasteiger partial charge in [-0.05, 0) is 29.7 Å². The molecule has 0 fully saturated rings. The van der Waals surface area contributed by atoms with Crippen molar-refractivity contribution in [2.45, 2.75) is 24.1 Å². The van der Waals surface area contributed by atoms with Crippen LogP contribution in [0.1, 0.15) is 16.7 Å². The molecule has 1 nitrogen and oxygen atoms in total. The fourth-order valence-corrected chi connectivity index (χ4v) is 2.70. The summed E-state index contributed by atoms with van der Waals surface area (Å²) in [5, 5.41) is 0. The number of benzene rings is 2. The predicted octanol–water partition coefficient (Wildman–Crippen LogP) is 3.75. The Labute approximate surface area is 107 Å². The fraction of sp³-hybridized carbons (Fsp3) is 0.200. The van der Waals surface area contributed by atoms with Crippen molar-refractivity contribution in [1.82, 2.24) is 0 Å². The first-order valence-electron chi connectivity index (χ1n) is 5.76. The average Bonchev–Trinajstić information content (AvgIpc) is 2.38. The molecule has 0 aliphatic rings. The second-order valence-corrected chi connectivity index (χ2v) is 5.10. The normalized spacial score (nSPS) is 10.5. The van der Waals surface area contributed by atoms with Gasteiger partial charge < -0.3 is 5.73 Å². The molecule has 2 N–H and O–H groups in total. The molecule has 0 amide bonds. The molecule has 0 bridgehead atoms. The Morgan fingerprint density at radius 2 is 1.76 bits per heavy atom. The molecule has 2 rings (SSSR count). The van der Waals surface area contributed by atoms with E-state index in [0.717, 1.165) is 5.75 Å². The SMILES string of the molecule is Cc1cc(CN)ccc1SCc1ccccc1. The third-order valence-electron chi connectivity index (χ3n) is 2.71. The quantitative estimate of drug-likeness (QED) is 0.828. The van der Waals surface area contributed by atoms with Gasteiger partial charge in [-0.3, -0.25) is 0 Å². The summed E-state index contributed by atoms with van der Waals surface area (Å²) < 4.78 is 0. The zero-order valence-electron chi connectivity index (χ0n) is 10.0. The Morgan fingerprint density at radius 1 is 1.00 bits per heavy atom. The van der Waals surface area contributed by atoms with Crippen molar-refractivity contribution < 1.29 is 0 Å². The Kier molecular flexibility index (Phi) is 4.24. The number of rotatable bonds is 4. The van der Waals surface area contributed by atoms with E-state index in [1.165, 1.54) is 21.6 Å². The van der Waals surface area contributed by atoms with Crippen molar-refractivity contribution in [3.8, 4) is 0 Å². The average molecular weight is 243 g/mol. The molecule has 0 saturated heterocycles. The summed E-state index contributed by atoms with van der Waals surface area (Å²) in [6, 6.07) is 17.0. The molecule has 88 valence electrons. The van der Waals surface area contributed by atoms with Crippen molar-refractivity contribution in [2.24, 2.45) is 5.73 Å². The van der Waals surface area contributed by atoms with Crippen LogP contribution < -0.4 is 5.73 Å². The van der Waals surface area contributed by atoms with Crippen LogP contribution in [0.25, 0.3) is 0 Å². The monoisotopic (exact) mass is 243 g/mol. The van der Waals surface area contributed by atoms with Crippen LogP contribution in [0.4, 0.5) is 0 Å². The minimum absolute atomic E-state index is 0.616. The van der Waals surface area contributed by atoms with Gasteiger partial charge in [0.25, 0.3) is 0 Å². The van der Waals surface area contributed by atoms with Gasteiger partial charge in [0.15, 0.2) is 0 Å². The second kappa shape index (κ2) is 5.89. The summed E-state index contributed by atoms with van der Waals surface area (Å²) in [6.07, 6.45) is 0. The molecule has 2 aromatic rings. The van der Waals surface area contributed by atoms with Crippen LogP contribution in [-0.2, 0) is 12.3 Å². The zero-order valence-corrected chi connectivity index (χ0v) is 10.8. The standard InChI is InChI=1S/C15H17NS/c1-12-9-14(10-16)7-8-15(12)17-11-13-5-3-2-4-6-13/h2-9H,10-11,16H2,1H3. The maximum Gasteiger partial charge on any atom is 0.0232 e. The fourth-order valence-electron chi connectivity index (χ4n) is 1.74. The first kappa shape index (κ1) is 12.2. The van der Waals surface area contributed by atoms with Crippen molar-refractivity contribution in [3.05, 3.63) is 65.2 Å². The van der Waals surface area contributed by atoms with Gasteiger partial charge in [-0.15, -0.1) is 11.8 Å². The van der Waals surface area contributed by atoms with Gasteiger partial charge in [-0.1, -0.05) is 42.5 Å². The summed E-state index contributed by atoms with van der Waals surface area (Å²) in [6.45, 7) is 2.76. The molecular formula is C15H17NS. The molecule has 0 spiro atoms. The summed E-state index contributed by atoms with van der Waals surface area (Å²) in [5.41, 5.74) is 9.50. The molecule has 0 saturated carbocycles. The van der Waals surface area contributed by atoms with Crippen LogP contribution >= 0.6 is 11.8 Å². The topological polar surface area (TPSA) is 26.0 Å². The minimum Gasteiger partial charge on any atom is -0.326 e. The first-order valence-corrected chi connectivity index (χ1v) is 6.74. The molecule has 0 aliphatic carbocycles. The van der Waals surface area contributed by atoms with Crippen LogP contribution in [-0.4, -0.2) is 0 Å². The van der Waals surface area contributed by atoms with E-state index < -0.39 is 0 Å². The van der Waals surface area contributed by atoms with Gasteiger partial charge >= 0.3 is 0 Å². The maximum atomic E-state index is 5.63. The molecule has 0 unspecified atom stereocenters. The Bertz CT molecular complexity index is 480. The predicted molar refractivity (Wildman–Crippen MR) is 75.1 cm³/mol. The van der Waals surface area contributed by atoms with E-state index in [9.17, 15) is 0 Å². The lowest BCUT2D eigenvalue weighted by Crippen LogP contribution is -1.96. The van der Waals surface area contributed by atoms with Crippen molar-refractivity contribution in [2.75, 3.05) is 0 Å². The highest BCUT2D eigenvalue weighted by Gasteiger charge is 2.01. The van der Waals surface area contributed by atoms with E-state index in [0.29, 0.717) is 6.54 Å². The molecule has 0 aromatic heterocycles. The van der Waals surface area contributed by atoms with Crippen LogP contribution in [0.5, 0.6) is 0 Å². The Balaban J connectivity index is 2.04. The molecule has 0 atom stereocenters. The van der Waals surface area contributed by atoms with E-state index in [1.54, 1.807) is 0 Å². The van der Waals surface area contributed by atoms with Crippen LogP contribution in [0.2, 0.25) is 0 Å². The highest BCUT2D eigenvalue weighted by Crippen LogP contribution is 2.26. The lowest BCUT2D eigenvalue weighted by molar-refractivity contribution is 1.05. The third kappa shape index (κ3) is 3.35. The third-order valence-corrected chi connectivity index (χ3v) is 3.96. The largest absolute Gasteiger partial charge is 0.326 e. The summed E-state index contributed by atoms with van der Waals surface area (Å²) in [4.78, 5) is 1.34. The van der Waals surface area contributed by atoms with E-state index in [-0.39, 0.29) is 0 Å². The lowest BCUT2D eigenvalue weighted by atomic mass is 10.1. The summed E-state index contributed by atoms with van der Waals surface area (Å²) >= 11 is 1.88. The van der Waals surface area contributed by atoms with E-state index in [1.807, 2.05) is 11.8 Å². The van der Waals surface area contributed by atoms with Gasteiger partial charge in [0.1, 0.15) is 0 Å². The van der Waals surface area contributed by atoms with Crippen LogP contribution in [0.3, 0.4) is 0 Å². The molecular weight excluding hydrogens is 226 g/mol. The number of thioether (sulfide) groups is 1. The molecule has 17 heavy (non-hydrogen) atoms. The smallest absolute Gasteiger partial charge is 0.0232 e. The Morgan fingerprint density at radius 3 is 2.41 bits per heavy atom. The minimum atomic E-state index is 0.616. The van der Waals surface area contributed by atoms with Crippen molar-refractivity contribution >= 4 is 11.8 Å². The molecule has 0 radical (unpaired) electrons. The number of hydrogen-bond acceptors (Lipinski definition) is 2. The highest BCUT2D eigenvalue weighted by atomic mass is 32.2. The van der Waals surface area contributed by atoms with Gasteiger partial charge in [0, 0.05) is 17.2 Å². The van der Waals surface area contributed by atoms with Crippen molar-refractivity contribution in [1.29, 1.82) is 0 Å². The summed E-state index contributed by atoms with van der Waals surface area (Å²) in [7, 11) is 0. The molecule has 0 heterocycles. The molecule has 2 aromatic carbocycles. The van der Waals surface area contributed by atoms with Gasteiger partial charge in [-0.2, -0.15) is 0 Å². The summed E-state index contributed by atoms with van der Waals surface area (Å²) in [5.74, 6) is 1.02. The lowest BCUT2D eigenvalue weighted by Gasteiger charge is -2.07. The second-order valence-electron chi connectivity index (χ2n) is 4.08. The molecule has 0 aliphatic heterocycles. The maximum absolute atomic E-state index is 5.63. The highest BCUT2D eigenvalue weighted by molar-refractivity contribution is 7.98. The van der Waals surface area contributed by atoms with Gasteiger partial charge in [0.05, 0.1) is 0 Å². The van der Waals surface area contributed by atoms with E-state index >= 15 is 0 Å². The van der Waals surface area contributed by atoms with E-state index in [4.69, 9.17) is 5.73 Å². The first-order chi connectivity index (χ1) is 8.29. The number of aryl methyl sites for hydroxylation is 1. The van der Waals surface area contributed by atoms with Crippen LogP contribution in [0.15, 0.2) is 53.4 Å². The van der Waals surface area contributed by atoms with Gasteiger partial charge in [0.2, 0.25) is 0 Å². The van der Waals surface area contributed by atoms with Crippen molar-refractivity contribution in [3.63, 3.8) is 0 Å².